The molecule has 1 fully saturated rings. The summed E-state index contributed by atoms with van der Waals surface area (Å²) in [7, 11) is 1.42. The zero-order valence-electron chi connectivity index (χ0n) is 15.3. The molecule has 0 aliphatic carbocycles. The summed E-state index contributed by atoms with van der Waals surface area (Å²) in [6.45, 7) is 1.97. The highest BCUT2D eigenvalue weighted by atomic mass is 35.5. The number of nitro groups is 1. The minimum Gasteiger partial charge on any atom is -0.497 e. The molecular weight excluding hydrogens is 386 g/mol. The Hall–Kier alpha value is -3.13. The molecule has 3 rings (SSSR count). The first-order valence-electron chi connectivity index (χ1n) is 8.50. The lowest BCUT2D eigenvalue weighted by Gasteiger charge is -2.19. The number of carbonyl (C=O) groups is 2. The second-order valence-electron chi connectivity index (χ2n) is 6.42. The van der Waals surface area contributed by atoms with Gasteiger partial charge in [-0.1, -0.05) is 17.7 Å². The monoisotopic (exact) mass is 403 g/mol. The molecule has 9 heteroatoms. The molecule has 0 spiro atoms. The topological polar surface area (TPSA) is 102 Å². The van der Waals surface area contributed by atoms with Crippen molar-refractivity contribution in [1.82, 2.24) is 0 Å². The van der Waals surface area contributed by atoms with Gasteiger partial charge in [0.2, 0.25) is 11.8 Å². The van der Waals surface area contributed by atoms with E-state index < -0.39 is 16.7 Å². The maximum absolute atomic E-state index is 12.7. The summed E-state index contributed by atoms with van der Waals surface area (Å²) in [4.78, 5) is 37.3. The van der Waals surface area contributed by atoms with Crippen molar-refractivity contribution in [3.05, 3.63) is 57.1 Å². The van der Waals surface area contributed by atoms with Gasteiger partial charge in [-0.2, -0.15) is 0 Å². The molecule has 0 bridgehead atoms. The van der Waals surface area contributed by atoms with Gasteiger partial charge in [0.1, 0.15) is 11.4 Å². The first-order valence-corrected chi connectivity index (χ1v) is 8.88. The van der Waals surface area contributed by atoms with Crippen molar-refractivity contribution < 1.29 is 19.2 Å². The van der Waals surface area contributed by atoms with Crippen LogP contribution >= 0.6 is 11.6 Å². The van der Waals surface area contributed by atoms with Crippen molar-refractivity contribution in [1.29, 1.82) is 0 Å². The Morgan fingerprint density at radius 3 is 2.79 bits per heavy atom. The van der Waals surface area contributed by atoms with Gasteiger partial charge in [-0.25, -0.2) is 0 Å². The molecule has 2 amide bonds. The number of nitro benzene ring substituents is 1. The molecule has 1 saturated heterocycles. The molecular formula is C19H18ClN3O5. The van der Waals surface area contributed by atoms with Crippen molar-refractivity contribution in [2.45, 2.75) is 13.3 Å². The molecule has 0 saturated carbocycles. The zero-order valence-corrected chi connectivity index (χ0v) is 16.0. The zero-order chi connectivity index (χ0) is 20.4. The molecule has 28 heavy (non-hydrogen) atoms. The summed E-state index contributed by atoms with van der Waals surface area (Å²) in [5, 5.41) is 14.3. The van der Waals surface area contributed by atoms with Crippen LogP contribution in [0.3, 0.4) is 0 Å². The molecule has 0 aromatic heterocycles. The molecule has 1 aliphatic rings. The number of halogens is 1. The van der Waals surface area contributed by atoms with Crippen LogP contribution in [-0.2, 0) is 9.59 Å². The lowest BCUT2D eigenvalue weighted by Crippen LogP contribution is -2.28. The van der Waals surface area contributed by atoms with Crippen molar-refractivity contribution in [2.75, 3.05) is 23.9 Å². The average molecular weight is 404 g/mol. The fraction of sp³-hybridized carbons (Fsp3) is 0.263. The fourth-order valence-electron chi connectivity index (χ4n) is 3.14. The van der Waals surface area contributed by atoms with Crippen molar-refractivity contribution in [3.63, 3.8) is 0 Å². The molecule has 0 radical (unpaired) electrons. The van der Waals surface area contributed by atoms with Gasteiger partial charge >= 0.3 is 0 Å². The first-order chi connectivity index (χ1) is 13.3. The normalized spacial score (nSPS) is 16.2. The molecule has 1 heterocycles. The highest BCUT2D eigenvalue weighted by molar-refractivity contribution is 6.31. The van der Waals surface area contributed by atoms with Gasteiger partial charge in [0.15, 0.2) is 0 Å². The number of hydrogen-bond donors (Lipinski definition) is 1. The lowest BCUT2D eigenvalue weighted by atomic mass is 10.1. The number of nitrogens with one attached hydrogen (secondary N) is 1. The Morgan fingerprint density at radius 1 is 1.36 bits per heavy atom. The number of methoxy groups -OCH3 is 1. The van der Waals surface area contributed by atoms with Gasteiger partial charge in [0.05, 0.1) is 18.0 Å². The van der Waals surface area contributed by atoms with E-state index in [9.17, 15) is 19.7 Å². The second-order valence-corrected chi connectivity index (χ2v) is 6.83. The summed E-state index contributed by atoms with van der Waals surface area (Å²) in [5.74, 6) is -0.936. The SMILES string of the molecule is COc1ccc([N+](=O)[O-])c(NC(=O)[C@H]2CC(=O)N(c3cccc(Cl)c3C)C2)c1. The van der Waals surface area contributed by atoms with Crippen LogP contribution in [0.2, 0.25) is 5.02 Å². The van der Waals surface area contributed by atoms with Crippen LogP contribution in [-0.4, -0.2) is 30.4 Å². The summed E-state index contributed by atoms with van der Waals surface area (Å²) in [6, 6.07) is 9.32. The van der Waals surface area contributed by atoms with Crippen molar-refractivity contribution >= 4 is 40.5 Å². The quantitative estimate of drug-likeness (QED) is 0.607. The Kier molecular flexibility index (Phi) is 5.51. The van der Waals surface area contributed by atoms with Gasteiger partial charge in [-0.3, -0.25) is 19.7 Å². The van der Waals surface area contributed by atoms with Crippen LogP contribution in [0.4, 0.5) is 17.1 Å². The third-order valence-corrected chi connectivity index (χ3v) is 5.09. The fourth-order valence-corrected chi connectivity index (χ4v) is 3.31. The smallest absolute Gasteiger partial charge is 0.293 e. The standard InChI is InChI=1S/C19H18ClN3O5/c1-11-14(20)4-3-5-16(11)22-10-12(8-18(22)24)19(25)21-15-9-13(28-2)6-7-17(15)23(26)27/h3-7,9,12H,8,10H2,1-2H3,(H,21,25)/t12-/m0/s1. The van der Waals surface area contributed by atoms with E-state index in [4.69, 9.17) is 16.3 Å². The van der Waals surface area contributed by atoms with Gasteiger partial charge in [-0.05, 0) is 30.7 Å². The molecule has 0 unspecified atom stereocenters. The Morgan fingerprint density at radius 2 is 2.11 bits per heavy atom. The second kappa shape index (κ2) is 7.85. The predicted octanol–water partition coefficient (Wildman–Crippen LogP) is 3.56. The Labute approximate surface area is 166 Å². The number of anilines is 2. The van der Waals surface area contributed by atoms with E-state index in [0.717, 1.165) is 5.56 Å². The van der Waals surface area contributed by atoms with Crippen LogP contribution in [0.1, 0.15) is 12.0 Å². The van der Waals surface area contributed by atoms with Gasteiger partial charge in [0, 0.05) is 35.8 Å². The van der Waals surface area contributed by atoms with Gasteiger partial charge in [0.25, 0.3) is 5.69 Å². The highest BCUT2D eigenvalue weighted by Gasteiger charge is 2.36. The van der Waals surface area contributed by atoms with E-state index in [-0.39, 0.29) is 30.2 Å². The van der Waals surface area contributed by atoms with E-state index in [2.05, 4.69) is 5.32 Å². The Bertz CT molecular complexity index is 963. The van der Waals surface area contributed by atoms with Crippen molar-refractivity contribution in [2.24, 2.45) is 5.92 Å². The minimum absolute atomic E-state index is 0.00948. The summed E-state index contributed by atoms with van der Waals surface area (Å²) in [5.41, 5.74) is 1.18. The van der Waals surface area contributed by atoms with E-state index in [1.54, 1.807) is 25.1 Å². The minimum atomic E-state index is -0.642. The summed E-state index contributed by atoms with van der Waals surface area (Å²) in [6.07, 6.45) is 0.00948. The number of rotatable bonds is 5. The molecule has 146 valence electrons. The number of amides is 2. The average Bonchev–Trinajstić information content (AvgIpc) is 3.05. The molecule has 1 atom stereocenters. The van der Waals surface area contributed by atoms with E-state index in [1.807, 2.05) is 0 Å². The number of ether oxygens (including phenoxy) is 1. The third-order valence-electron chi connectivity index (χ3n) is 4.68. The van der Waals surface area contributed by atoms with Crippen LogP contribution in [0, 0.1) is 23.0 Å². The summed E-state index contributed by atoms with van der Waals surface area (Å²) >= 11 is 6.13. The number of nitrogens with zero attached hydrogens (tertiary/aromatic N) is 2. The molecule has 1 aliphatic heterocycles. The first kappa shape index (κ1) is 19.6. The van der Waals surface area contributed by atoms with Crippen LogP contribution in [0.15, 0.2) is 36.4 Å². The summed E-state index contributed by atoms with van der Waals surface area (Å²) < 4.78 is 5.06. The maximum Gasteiger partial charge on any atom is 0.293 e. The van der Waals surface area contributed by atoms with E-state index >= 15 is 0 Å². The predicted molar refractivity (Wildman–Crippen MR) is 105 cm³/mol. The molecule has 1 N–H and O–H groups in total. The molecule has 2 aromatic carbocycles. The van der Waals surface area contributed by atoms with E-state index in [1.165, 1.54) is 30.2 Å². The van der Waals surface area contributed by atoms with Gasteiger partial charge < -0.3 is 15.0 Å². The van der Waals surface area contributed by atoms with E-state index in [0.29, 0.717) is 16.5 Å². The lowest BCUT2D eigenvalue weighted by molar-refractivity contribution is -0.383. The van der Waals surface area contributed by atoms with Crippen LogP contribution in [0.25, 0.3) is 0 Å². The van der Waals surface area contributed by atoms with Crippen LogP contribution < -0.4 is 15.0 Å². The van der Waals surface area contributed by atoms with Gasteiger partial charge in [-0.15, -0.1) is 0 Å². The van der Waals surface area contributed by atoms with Crippen LogP contribution in [0.5, 0.6) is 5.75 Å². The maximum atomic E-state index is 12.7. The largest absolute Gasteiger partial charge is 0.497 e. The number of benzene rings is 2. The molecule has 8 nitrogen and oxygen atoms in total. The third kappa shape index (κ3) is 3.77. The molecule has 2 aromatic rings. The number of hydrogen-bond acceptors (Lipinski definition) is 5. The highest BCUT2D eigenvalue weighted by Crippen LogP contribution is 2.33. The number of carbonyl (C=O) groups excluding carboxylic acids is 2. The van der Waals surface area contributed by atoms with Crippen molar-refractivity contribution in [3.8, 4) is 5.75 Å². The Balaban J connectivity index is 1.81.